The number of nitrogens with zero attached hydrogens (tertiary/aromatic N) is 3. The molecule has 0 aliphatic carbocycles. The molecule has 0 bridgehead atoms. The van der Waals surface area contributed by atoms with Crippen LogP contribution in [0.25, 0.3) is 11.5 Å². The number of nitrogens with one attached hydrogen (secondary N) is 2. The number of rotatable bonds is 6. The van der Waals surface area contributed by atoms with Crippen LogP contribution in [0.3, 0.4) is 0 Å². The summed E-state index contributed by atoms with van der Waals surface area (Å²) in [5.41, 5.74) is 2.75. The first-order valence-electron chi connectivity index (χ1n) is 8.37. The summed E-state index contributed by atoms with van der Waals surface area (Å²) in [7, 11) is 0. The number of halogens is 2. The molecule has 0 fully saturated rings. The molecule has 0 aliphatic rings. The molecule has 0 aliphatic heterocycles. The summed E-state index contributed by atoms with van der Waals surface area (Å²) in [5, 5.41) is 6.94. The van der Waals surface area contributed by atoms with Crippen LogP contribution in [0.5, 0.6) is 0 Å². The number of guanidine groups is 1. The molecule has 2 heterocycles. The minimum absolute atomic E-state index is 0. The maximum absolute atomic E-state index is 5.80. The number of hydrogen-bond acceptors (Lipinski definition) is 4. The summed E-state index contributed by atoms with van der Waals surface area (Å²) in [6.07, 6.45) is 3.38. The van der Waals surface area contributed by atoms with E-state index < -0.39 is 0 Å². The van der Waals surface area contributed by atoms with Crippen LogP contribution in [-0.2, 0) is 13.1 Å². The van der Waals surface area contributed by atoms with Gasteiger partial charge >= 0.3 is 0 Å². The summed E-state index contributed by atoms with van der Waals surface area (Å²) >= 11 is 5.80. The van der Waals surface area contributed by atoms with Crippen LogP contribution in [-0.4, -0.2) is 22.5 Å². The number of pyridine rings is 1. The fourth-order valence-electron chi connectivity index (χ4n) is 2.29. The number of aliphatic imine (C=N–C) groups is 1. The van der Waals surface area contributed by atoms with Crippen LogP contribution in [0.1, 0.15) is 18.2 Å². The third kappa shape index (κ3) is 6.51. The lowest BCUT2D eigenvalue weighted by Crippen LogP contribution is -2.36. The zero-order chi connectivity index (χ0) is 18.2. The molecule has 8 heteroatoms. The molecule has 1 aromatic carbocycles. The van der Waals surface area contributed by atoms with Crippen molar-refractivity contribution in [3.05, 3.63) is 71.3 Å². The zero-order valence-corrected chi connectivity index (χ0v) is 17.9. The van der Waals surface area contributed by atoms with Crippen molar-refractivity contribution in [2.45, 2.75) is 20.0 Å². The molecule has 0 saturated carbocycles. The molecule has 0 saturated heterocycles. The maximum Gasteiger partial charge on any atom is 0.226 e. The summed E-state index contributed by atoms with van der Waals surface area (Å²) in [4.78, 5) is 13.1. The van der Waals surface area contributed by atoms with E-state index in [0.717, 1.165) is 23.4 Å². The highest BCUT2D eigenvalue weighted by Crippen LogP contribution is 2.17. The fraction of sp³-hybridized carbons (Fsp3) is 0.211. The van der Waals surface area contributed by atoms with Crippen molar-refractivity contribution in [2.75, 3.05) is 6.54 Å². The largest absolute Gasteiger partial charge is 0.444 e. The van der Waals surface area contributed by atoms with Crippen molar-refractivity contribution < 1.29 is 4.42 Å². The normalized spacial score (nSPS) is 11.0. The molecule has 6 nitrogen and oxygen atoms in total. The van der Waals surface area contributed by atoms with Crippen LogP contribution in [0.4, 0.5) is 0 Å². The van der Waals surface area contributed by atoms with Gasteiger partial charge in [-0.2, -0.15) is 0 Å². The van der Waals surface area contributed by atoms with E-state index in [1.54, 1.807) is 18.5 Å². The Morgan fingerprint density at radius 3 is 2.67 bits per heavy atom. The van der Waals surface area contributed by atoms with Gasteiger partial charge in [0, 0.05) is 18.3 Å². The van der Waals surface area contributed by atoms with E-state index in [-0.39, 0.29) is 24.0 Å². The lowest BCUT2D eigenvalue weighted by molar-refractivity contribution is 0.572. The summed E-state index contributed by atoms with van der Waals surface area (Å²) in [5.74, 6) is 1.31. The Hall–Kier alpha value is -2.13. The minimum atomic E-state index is 0. The number of oxazole rings is 1. The van der Waals surface area contributed by atoms with E-state index in [0.29, 0.717) is 30.1 Å². The first-order valence-corrected chi connectivity index (χ1v) is 8.75. The Bertz CT molecular complexity index is 852. The third-order valence-corrected chi connectivity index (χ3v) is 3.79. The highest BCUT2D eigenvalue weighted by Gasteiger charge is 2.07. The molecule has 3 aromatic rings. The Morgan fingerprint density at radius 1 is 1.15 bits per heavy atom. The van der Waals surface area contributed by atoms with Crippen LogP contribution < -0.4 is 10.6 Å². The second kappa shape index (κ2) is 10.9. The van der Waals surface area contributed by atoms with Gasteiger partial charge in [-0.3, -0.25) is 0 Å². The molecule has 142 valence electrons. The van der Waals surface area contributed by atoms with E-state index in [2.05, 4.69) is 25.6 Å². The SMILES string of the molecule is CCNC(=NCc1ccc(Cl)nc1)NCc1coc(-c2ccccc2)n1.I. The average Bonchev–Trinajstić information content (AvgIpc) is 3.15. The highest BCUT2D eigenvalue weighted by molar-refractivity contribution is 14.0. The van der Waals surface area contributed by atoms with Gasteiger partial charge in [-0.15, -0.1) is 24.0 Å². The Labute approximate surface area is 180 Å². The van der Waals surface area contributed by atoms with Crippen molar-refractivity contribution in [1.82, 2.24) is 20.6 Å². The molecule has 27 heavy (non-hydrogen) atoms. The van der Waals surface area contributed by atoms with Crippen LogP contribution in [0.15, 0.2) is 64.3 Å². The van der Waals surface area contributed by atoms with Gasteiger partial charge in [0.05, 0.1) is 18.8 Å². The predicted molar refractivity (Wildman–Crippen MR) is 118 cm³/mol. The van der Waals surface area contributed by atoms with E-state index >= 15 is 0 Å². The van der Waals surface area contributed by atoms with Gasteiger partial charge in [-0.05, 0) is 30.7 Å². The van der Waals surface area contributed by atoms with Crippen LogP contribution in [0, 0.1) is 0 Å². The van der Waals surface area contributed by atoms with Crippen molar-refractivity contribution in [3.8, 4) is 11.5 Å². The van der Waals surface area contributed by atoms with Crippen molar-refractivity contribution in [2.24, 2.45) is 4.99 Å². The molecular formula is C19H21ClIN5O. The predicted octanol–water partition coefficient (Wildman–Crippen LogP) is 4.26. The van der Waals surface area contributed by atoms with E-state index in [1.165, 1.54) is 0 Å². The topological polar surface area (TPSA) is 75.3 Å². The van der Waals surface area contributed by atoms with E-state index in [9.17, 15) is 0 Å². The maximum atomic E-state index is 5.80. The molecule has 2 aromatic heterocycles. The smallest absolute Gasteiger partial charge is 0.226 e. The summed E-state index contributed by atoms with van der Waals surface area (Å²) < 4.78 is 5.55. The molecule has 3 rings (SSSR count). The fourth-order valence-corrected chi connectivity index (χ4v) is 2.40. The summed E-state index contributed by atoms with van der Waals surface area (Å²) in [6.45, 7) is 3.80. The van der Waals surface area contributed by atoms with Crippen LogP contribution in [0.2, 0.25) is 5.15 Å². The second-order valence-electron chi connectivity index (χ2n) is 5.55. The van der Waals surface area contributed by atoms with Crippen molar-refractivity contribution in [1.29, 1.82) is 0 Å². The first kappa shape index (κ1) is 21.2. The minimum Gasteiger partial charge on any atom is -0.444 e. The van der Waals surface area contributed by atoms with Gasteiger partial charge in [-0.25, -0.2) is 15.0 Å². The van der Waals surface area contributed by atoms with E-state index in [4.69, 9.17) is 16.0 Å². The standard InChI is InChI=1S/C19H20ClN5O.HI/c1-2-21-19(23-11-14-8-9-17(20)22-10-14)24-12-16-13-26-18(25-16)15-6-4-3-5-7-15;/h3-10,13H,2,11-12H2,1H3,(H2,21,23,24);1H. The van der Waals surface area contributed by atoms with Gasteiger partial charge in [0.1, 0.15) is 11.4 Å². The van der Waals surface area contributed by atoms with Gasteiger partial charge in [0.2, 0.25) is 5.89 Å². The lowest BCUT2D eigenvalue weighted by Gasteiger charge is -2.09. The molecular weight excluding hydrogens is 477 g/mol. The average molecular weight is 498 g/mol. The van der Waals surface area contributed by atoms with Crippen LogP contribution >= 0.6 is 35.6 Å². The second-order valence-corrected chi connectivity index (χ2v) is 5.94. The molecule has 0 radical (unpaired) electrons. The van der Waals surface area contributed by atoms with Crippen molar-refractivity contribution >= 4 is 41.5 Å². The number of benzene rings is 1. The summed E-state index contributed by atoms with van der Waals surface area (Å²) in [6, 6.07) is 13.5. The Balaban J connectivity index is 0.00000261. The monoisotopic (exact) mass is 497 g/mol. The van der Waals surface area contributed by atoms with Gasteiger partial charge in [-0.1, -0.05) is 35.9 Å². The first-order chi connectivity index (χ1) is 12.7. The van der Waals surface area contributed by atoms with Gasteiger partial charge < -0.3 is 15.1 Å². The van der Waals surface area contributed by atoms with E-state index in [1.807, 2.05) is 43.3 Å². The molecule has 0 spiro atoms. The zero-order valence-electron chi connectivity index (χ0n) is 14.9. The quantitative estimate of drug-likeness (QED) is 0.230. The third-order valence-electron chi connectivity index (χ3n) is 3.56. The highest BCUT2D eigenvalue weighted by atomic mass is 127. The van der Waals surface area contributed by atoms with Gasteiger partial charge in [0.15, 0.2) is 5.96 Å². The lowest BCUT2D eigenvalue weighted by atomic mass is 10.2. The van der Waals surface area contributed by atoms with Crippen molar-refractivity contribution in [3.63, 3.8) is 0 Å². The molecule has 0 unspecified atom stereocenters. The molecule has 2 N–H and O–H groups in total. The number of aromatic nitrogens is 2. The Morgan fingerprint density at radius 2 is 1.96 bits per heavy atom. The Kier molecular flexibility index (Phi) is 8.53. The van der Waals surface area contributed by atoms with Gasteiger partial charge in [0.25, 0.3) is 0 Å². The number of hydrogen-bond donors (Lipinski definition) is 2. The molecule has 0 amide bonds. The molecule has 0 atom stereocenters.